The lowest BCUT2D eigenvalue weighted by molar-refractivity contribution is 0.414. The second-order valence-electron chi connectivity index (χ2n) is 5.41. The summed E-state index contributed by atoms with van der Waals surface area (Å²) in [5, 5.41) is 4.28. The number of rotatable bonds is 6. The number of hydrogen-bond donors (Lipinski definition) is 0. The molecule has 0 aliphatic carbocycles. The molecule has 112 valence electrons. The van der Waals surface area contributed by atoms with Crippen molar-refractivity contribution in [2.24, 2.45) is 7.05 Å². The highest BCUT2D eigenvalue weighted by atomic mass is 16.5. The maximum atomic E-state index is 5.32. The molecule has 0 radical (unpaired) electrons. The molecule has 0 saturated heterocycles. The molecule has 4 nitrogen and oxygen atoms in total. The molecule has 4 heteroatoms. The quantitative estimate of drug-likeness (QED) is 0.760. The average molecular weight is 285 g/mol. The van der Waals surface area contributed by atoms with Crippen LogP contribution >= 0.6 is 0 Å². The number of aromatic nitrogens is 2. The topological polar surface area (TPSA) is 30.3 Å². The number of hydrogen-bond acceptors (Lipinski definition) is 3. The van der Waals surface area contributed by atoms with Crippen LogP contribution < -0.4 is 9.64 Å². The second kappa shape index (κ2) is 6.48. The smallest absolute Gasteiger partial charge is 0.119 e. The van der Waals surface area contributed by atoms with Crippen LogP contribution in [0, 0.1) is 0 Å². The van der Waals surface area contributed by atoms with Gasteiger partial charge in [0.05, 0.1) is 25.0 Å². The third-order valence-electron chi connectivity index (χ3n) is 3.51. The predicted octanol–water partition coefficient (Wildman–Crippen LogP) is 3.57. The lowest BCUT2D eigenvalue weighted by Crippen LogP contribution is -2.28. The lowest BCUT2D eigenvalue weighted by Gasteiger charge is -2.30. The van der Waals surface area contributed by atoms with Gasteiger partial charge in [-0.1, -0.05) is 24.3 Å². The van der Waals surface area contributed by atoms with E-state index in [-0.39, 0.29) is 6.04 Å². The van der Waals surface area contributed by atoms with Crippen molar-refractivity contribution in [3.63, 3.8) is 0 Å². The van der Waals surface area contributed by atoms with Crippen LogP contribution in [-0.2, 0) is 7.05 Å². The molecule has 0 amide bonds. The molecule has 0 N–H and O–H groups in total. The number of anilines is 1. The summed E-state index contributed by atoms with van der Waals surface area (Å²) in [7, 11) is 3.62. The Morgan fingerprint density at radius 2 is 2.24 bits per heavy atom. The maximum Gasteiger partial charge on any atom is 0.119 e. The van der Waals surface area contributed by atoms with Crippen LogP contribution in [0.15, 0.2) is 48.8 Å². The van der Waals surface area contributed by atoms with Gasteiger partial charge in [0.2, 0.25) is 0 Å². The third-order valence-corrected chi connectivity index (χ3v) is 3.51. The average Bonchev–Trinajstić information content (AvgIpc) is 2.90. The molecule has 0 aliphatic heterocycles. The van der Waals surface area contributed by atoms with Gasteiger partial charge in [-0.05, 0) is 31.5 Å². The van der Waals surface area contributed by atoms with Crippen molar-refractivity contribution < 1.29 is 4.74 Å². The van der Waals surface area contributed by atoms with Crippen molar-refractivity contribution in [1.82, 2.24) is 9.78 Å². The fraction of sp³-hybridized carbons (Fsp3) is 0.353. The van der Waals surface area contributed by atoms with Gasteiger partial charge in [0, 0.05) is 19.8 Å². The van der Waals surface area contributed by atoms with Crippen molar-refractivity contribution in [2.45, 2.75) is 19.9 Å². The second-order valence-corrected chi connectivity index (χ2v) is 5.41. The van der Waals surface area contributed by atoms with Crippen LogP contribution in [0.2, 0.25) is 0 Å². The summed E-state index contributed by atoms with van der Waals surface area (Å²) < 4.78 is 7.14. The minimum absolute atomic E-state index is 0.209. The van der Waals surface area contributed by atoms with Gasteiger partial charge in [-0.25, -0.2) is 0 Å². The van der Waals surface area contributed by atoms with Gasteiger partial charge in [0.15, 0.2) is 0 Å². The van der Waals surface area contributed by atoms with Crippen LogP contribution in [-0.4, -0.2) is 23.4 Å². The van der Waals surface area contributed by atoms with E-state index in [0.29, 0.717) is 0 Å². The van der Waals surface area contributed by atoms with Crippen molar-refractivity contribution in [2.75, 3.05) is 18.6 Å². The van der Waals surface area contributed by atoms with Crippen molar-refractivity contribution >= 4 is 5.69 Å². The summed E-state index contributed by atoms with van der Waals surface area (Å²) in [6.45, 7) is 9.07. The highest BCUT2D eigenvalue weighted by Gasteiger charge is 2.18. The number of methoxy groups -OCH3 is 1. The Kier molecular flexibility index (Phi) is 4.68. The van der Waals surface area contributed by atoms with Crippen LogP contribution in [0.5, 0.6) is 5.75 Å². The van der Waals surface area contributed by atoms with Gasteiger partial charge in [0.25, 0.3) is 0 Å². The molecule has 2 aromatic rings. The van der Waals surface area contributed by atoms with Crippen LogP contribution in [0.3, 0.4) is 0 Å². The Morgan fingerprint density at radius 1 is 1.48 bits per heavy atom. The highest BCUT2D eigenvalue weighted by molar-refractivity contribution is 5.47. The summed E-state index contributed by atoms with van der Waals surface area (Å²) in [6.07, 6.45) is 3.92. The fourth-order valence-electron chi connectivity index (χ4n) is 2.38. The van der Waals surface area contributed by atoms with Crippen molar-refractivity contribution in [3.05, 3.63) is 54.4 Å². The molecular formula is C17H23N3O. The van der Waals surface area contributed by atoms with Gasteiger partial charge < -0.3 is 9.64 Å². The number of aryl methyl sites for hydroxylation is 1. The number of ether oxygens (including phenoxy) is 1. The van der Waals surface area contributed by atoms with E-state index >= 15 is 0 Å². The van der Waals surface area contributed by atoms with E-state index in [1.54, 1.807) is 7.11 Å². The standard InChI is InChI=1S/C17H23N3O/c1-13(2)11-20(16-10-18-19(4)12-16)14(3)15-7-6-8-17(9-15)21-5/h6-10,12,14H,1,11H2,2-5H3/t14-/m1/s1. The zero-order valence-electron chi connectivity index (χ0n) is 13.2. The molecule has 1 heterocycles. The first kappa shape index (κ1) is 15.2. The zero-order valence-corrected chi connectivity index (χ0v) is 13.2. The summed E-state index contributed by atoms with van der Waals surface area (Å²) in [5.41, 5.74) is 3.42. The first-order valence-electron chi connectivity index (χ1n) is 7.05. The van der Waals surface area contributed by atoms with Crippen LogP contribution in [0.25, 0.3) is 0 Å². The molecule has 1 aromatic heterocycles. The van der Waals surface area contributed by atoms with E-state index in [1.807, 2.05) is 43.2 Å². The molecule has 0 fully saturated rings. The van der Waals surface area contributed by atoms with E-state index in [9.17, 15) is 0 Å². The molecule has 1 aromatic carbocycles. The first-order valence-corrected chi connectivity index (χ1v) is 7.05. The van der Waals surface area contributed by atoms with E-state index in [4.69, 9.17) is 4.74 Å². The van der Waals surface area contributed by atoms with E-state index in [1.165, 1.54) is 5.56 Å². The number of benzene rings is 1. The summed E-state index contributed by atoms with van der Waals surface area (Å²) in [4.78, 5) is 2.30. The summed E-state index contributed by atoms with van der Waals surface area (Å²) >= 11 is 0. The van der Waals surface area contributed by atoms with Gasteiger partial charge >= 0.3 is 0 Å². The third kappa shape index (κ3) is 3.66. The van der Waals surface area contributed by atoms with Crippen molar-refractivity contribution in [3.8, 4) is 5.75 Å². The molecule has 0 saturated carbocycles. The fourth-order valence-corrected chi connectivity index (χ4v) is 2.38. The maximum absolute atomic E-state index is 5.32. The SMILES string of the molecule is C=C(C)CN(c1cnn(C)c1)[C@H](C)c1cccc(OC)c1. The minimum atomic E-state index is 0.209. The molecule has 0 unspecified atom stereocenters. The van der Waals surface area contributed by atoms with E-state index in [0.717, 1.165) is 23.6 Å². The van der Waals surface area contributed by atoms with Gasteiger partial charge in [-0.2, -0.15) is 5.10 Å². The molecule has 0 aliphatic rings. The molecule has 0 bridgehead atoms. The lowest BCUT2D eigenvalue weighted by atomic mass is 10.1. The van der Waals surface area contributed by atoms with Crippen LogP contribution in [0.4, 0.5) is 5.69 Å². The molecular weight excluding hydrogens is 262 g/mol. The van der Waals surface area contributed by atoms with E-state index < -0.39 is 0 Å². The molecule has 2 rings (SSSR count). The normalized spacial score (nSPS) is 12.0. The molecule has 21 heavy (non-hydrogen) atoms. The summed E-state index contributed by atoms with van der Waals surface area (Å²) in [5.74, 6) is 0.876. The Bertz CT molecular complexity index is 618. The highest BCUT2D eigenvalue weighted by Crippen LogP contribution is 2.29. The van der Waals surface area contributed by atoms with Gasteiger partial charge in [-0.3, -0.25) is 4.68 Å². The Balaban J connectivity index is 2.33. The van der Waals surface area contributed by atoms with Gasteiger partial charge in [0.1, 0.15) is 5.75 Å². The monoisotopic (exact) mass is 285 g/mol. The predicted molar refractivity (Wildman–Crippen MR) is 86.8 cm³/mol. The number of nitrogens with zero attached hydrogens (tertiary/aromatic N) is 3. The van der Waals surface area contributed by atoms with Crippen LogP contribution in [0.1, 0.15) is 25.5 Å². The Labute approximate surface area is 126 Å². The largest absolute Gasteiger partial charge is 0.497 e. The van der Waals surface area contributed by atoms with Gasteiger partial charge in [-0.15, -0.1) is 0 Å². The summed E-state index contributed by atoms with van der Waals surface area (Å²) in [6, 6.07) is 8.39. The Morgan fingerprint density at radius 3 is 2.81 bits per heavy atom. The molecule has 0 spiro atoms. The zero-order chi connectivity index (χ0) is 15.4. The van der Waals surface area contributed by atoms with E-state index in [2.05, 4.69) is 35.6 Å². The minimum Gasteiger partial charge on any atom is -0.497 e. The molecule has 1 atom stereocenters. The first-order chi connectivity index (χ1) is 10.0. The van der Waals surface area contributed by atoms with Crippen molar-refractivity contribution in [1.29, 1.82) is 0 Å². The Hall–Kier alpha value is -2.23.